The van der Waals surface area contributed by atoms with Gasteiger partial charge < -0.3 is 5.11 Å². The third-order valence-corrected chi connectivity index (χ3v) is 3.68. The molecule has 0 saturated carbocycles. The summed E-state index contributed by atoms with van der Waals surface area (Å²) in [5.74, 6) is -1.31. The fourth-order valence-corrected chi connectivity index (χ4v) is 2.40. The normalized spacial score (nSPS) is 12.7. The van der Waals surface area contributed by atoms with Gasteiger partial charge in [-0.05, 0) is 19.1 Å². The molecule has 0 aliphatic rings. The molecule has 0 saturated heterocycles. The number of hydrogen-bond acceptors (Lipinski definition) is 2. The smallest absolute Gasteiger partial charge is 0.129 e. The Morgan fingerprint density at radius 1 is 1.30 bits per heavy atom. The summed E-state index contributed by atoms with van der Waals surface area (Å²) in [7, 11) is 1.71. The fraction of sp³-hybridized carbons (Fsp3) is 0.357. The van der Waals surface area contributed by atoms with Gasteiger partial charge in [-0.1, -0.05) is 17.7 Å². The average molecular weight is 301 g/mol. The van der Waals surface area contributed by atoms with Crippen molar-refractivity contribution in [3.8, 4) is 0 Å². The highest BCUT2D eigenvalue weighted by Gasteiger charge is 2.18. The minimum Gasteiger partial charge on any atom is -0.392 e. The lowest BCUT2D eigenvalue weighted by Gasteiger charge is -2.12. The van der Waals surface area contributed by atoms with Crippen molar-refractivity contribution in [2.75, 3.05) is 0 Å². The van der Waals surface area contributed by atoms with Crippen molar-refractivity contribution in [1.29, 1.82) is 0 Å². The SMILES string of the molecule is Cc1nn(C)c(CC(O)Cc2c(F)cccc2F)c1Cl. The van der Waals surface area contributed by atoms with Gasteiger partial charge in [0, 0.05) is 25.5 Å². The molecule has 1 atom stereocenters. The van der Waals surface area contributed by atoms with Crippen molar-refractivity contribution < 1.29 is 13.9 Å². The van der Waals surface area contributed by atoms with Gasteiger partial charge >= 0.3 is 0 Å². The van der Waals surface area contributed by atoms with Crippen LogP contribution in [0.15, 0.2) is 18.2 Å². The number of aliphatic hydroxyl groups excluding tert-OH is 1. The third kappa shape index (κ3) is 2.99. The Labute approximate surface area is 120 Å². The number of halogens is 3. The van der Waals surface area contributed by atoms with Crippen molar-refractivity contribution in [2.45, 2.75) is 25.9 Å². The monoisotopic (exact) mass is 300 g/mol. The van der Waals surface area contributed by atoms with Crippen LogP contribution in [-0.4, -0.2) is 21.0 Å². The van der Waals surface area contributed by atoms with E-state index in [1.54, 1.807) is 18.7 Å². The van der Waals surface area contributed by atoms with Crippen molar-refractivity contribution >= 4 is 11.6 Å². The summed E-state index contributed by atoms with van der Waals surface area (Å²) in [4.78, 5) is 0. The lowest BCUT2D eigenvalue weighted by Crippen LogP contribution is -2.18. The second kappa shape index (κ2) is 5.89. The standard InChI is InChI=1S/C14H15ClF2N2O/c1-8-14(15)13(19(2)18-8)7-9(20)6-10-11(16)4-3-5-12(10)17/h3-5,9,20H,6-7H2,1-2H3. The van der Waals surface area contributed by atoms with E-state index in [0.29, 0.717) is 16.4 Å². The van der Waals surface area contributed by atoms with Gasteiger partial charge in [0.25, 0.3) is 0 Å². The Morgan fingerprint density at radius 2 is 1.90 bits per heavy atom. The van der Waals surface area contributed by atoms with Crippen LogP contribution in [0.5, 0.6) is 0 Å². The maximum atomic E-state index is 13.5. The first kappa shape index (κ1) is 14.9. The van der Waals surface area contributed by atoms with E-state index in [1.807, 2.05) is 0 Å². The van der Waals surface area contributed by atoms with Crippen LogP contribution in [0.25, 0.3) is 0 Å². The first-order chi connectivity index (χ1) is 9.40. The molecule has 0 fully saturated rings. The van der Waals surface area contributed by atoms with E-state index in [9.17, 15) is 13.9 Å². The minimum absolute atomic E-state index is 0.112. The highest BCUT2D eigenvalue weighted by molar-refractivity contribution is 6.31. The summed E-state index contributed by atoms with van der Waals surface area (Å²) in [6.45, 7) is 1.76. The highest BCUT2D eigenvalue weighted by Crippen LogP contribution is 2.22. The molecule has 0 aliphatic heterocycles. The number of nitrogens with zero attached hydrogens (tertiary/aromatic N) is 2. The highest BCUT2D eigenvalue weighted by atomic mass is 35.5. The zero-order valence-corrected chi connectivity index (χ0v) is 12.0. The van der Waals surface area contributed by atoms with Crippen LogP contribution < -0.4 is 0 Å². The largest absolute Gasteiger partial charge is 0.392 e. The maximum absolute atomic E-state index is 13.5. The van der Waals surface area contributed by atoms with Gasteiger partial charge in [-0.15, -0.1) is 0 Å². The van der Waals surface area contributed by atoms with Crippen LogP contribution >= 0.6 is 11.6 Å². The van der Waals surface area contributed by atoms with E-state index in [-0.39, 0.29) is 18.4 Å². The van der Waals surface area contributed by atoms with Crippen LogP contribution in [0.3, 0.4) is 0 Å². The van der Waals surface area contributed by atoms with E-state index >= 15 is 0 Å². The average Bonchev–Trinajstić information content (AvgIpc) is 2.61. The molecule has 108 valence electrons. The molecule has 1 N–H and O–H groups in total. The summed E-state index contributed by atoms with van der Waals surface area (Å²) in [6.07, 6.45) is -0.864. The van der Waals surface area contributed by atoms with E-state index in [2.05, 4.69) is 5.10 Å². The molecule has 1 unspecified atom stereocenters. The quantitative estimate of drug-likeness (QED) is 0.943. The van der Waals surface area contributed by atoms with Gasteiger partial charge in [-0.3, -0.25) is 4.68 Å². The lowest BCUT2D eigenvalue weighted by molar-refractivity contribution is 0.170. The van der Waals surface area contributed by atoms with Crippen molar-refractivity contribution in [3.63, 3.8) is 0 Å². The van der Waals surface area contributed by atoms with E-state index in [4.69, 9.17) is 11.6 Å². The molecule has 2 rings (SSSR count). The number of aromatic nitrogens is 2. The molecular weight excluding hydrogens is 286 g/mol. The number of aliphatic hydroxyl groups is 1. The van der Waals surface area contributed by atoms with E-state index < -0.39 is 17.7 Å². The molecule has 0 bridgehead atoms. The molecule has 0 aliphatic carbocycles. The first-order valence-electron chi connectivity index (χ1n) is 6.19. The molecule has 20 heavy (non-hydrogen) atoms. The maximum Gasteiger partial charge on any atom is 0.129 e. The molecular formula is C14H15ClF2N2O. The molecule has 3 nitrogen and oxygen atoms in total. The van der Waals surface area contributed by atoms with Crippen molar-refractivity contribution in [2.24, 2.45) is 7.05 Å². The Bertz CT molecular complexity index is 608. The van der Waals surface area contributed by atoms with Gasteiger partial charge in [0.15, 0.2) is 0 Å². The number of benzene rings is 1. The summed E-state index contributed by atoms with van der Waals surface area (Å²) in [5, 5.41) is 14.6. The molecule has 1 heterocycles. The molecule has 0 radical (unpaired) electrons. The zero-order chi connectivity index (χ0) is 14.9. The van der Waals surface area contributed by atoms with Crippen LogP contribution in [0, 0.1) is 18.6 Å². The van der Waals surface area contributed by atoms with Gasteiger partial charge in [0.1, 0.15) is 11.6 Å². The minimum atomic E-state index is -0.936. The predicted octanol–water partition coefficient (Wildman–Crippen LogP) is 2.81. The topological polar surface area (TPSA) is 38.0 Å². The zero-order valence-electron chi connectivity index (χ0n) is 11.2. The molecule has 6 heteroatoms. The van der Waals surface area contributed by atoms with E-state index in [0.717, 1.165) is 0 Å². The molecule has 0 amide bonds. The molecule has 1 aromatic heterocycles. The van der Waals surface area contributed by atoms with E-state index in [1.165, 1.54) is 18.2 Å². The van der Waals surface area contributed by atoms with Crippen LogP contribution in [0.4, 0.5) is 8.78 Å². The summed E-state index contributed by atoms with van der Waals surface area (Å²) >= 11 is 6.08. The fourth-order valence-electron chi connectivity index (χ4n) is 2.16. The van der Waals surface area contributed by atoms with Crippen molar-refractivity contribution in [1.82, 2.24) is 9.78 Å². The second-order valence-corrected chi connectivity index (χ2v) is 5.11. The predicted molar refractivity (Wildman–Crippen MR) is 72.7 cm³/mol. The number of hydrogen-bond donors (Lipinski definition) is 1. The summed E-state index contributed by atoms with van der Waals surface area (Å²) in [6, 6.07) is 3.64. The van der Waals surface area contributed by atoms with Gasteiger partial charge in [0.05, 0.1) is 22.5 Å². The van der Waals surface area contributed by atoms with Crippen LogP contribution in [0.1, 0.15) is 17.0 Å². The third-order valence-electron chi connectivity index (χ3n) is 3.19. The summed E-state index contributed by atoms with van der Waals surface area (Å²) < 4.78 is 28.6. The van der Waals surface area contributed by atoms with Gasteiger partial charge in [-0.25, -0.2) is 8.78 Å². The molecule has 1 aromatic carbocycles. The lowest BCUT2D eigenvalue weighted by atomic mass is 10.0. The van der Waals surface area contributed by atoms with Crippen LogP contribution in [-0.2, 0) is 19.9 Å². The number of aryl methyl sites for hydroxylation is 2. The Hall–Kier alpha value is -1.46. The first-order valence-corrected chi connectivity index (χ1v) is 6.57. The van der Waals surface area contributed by atoms with Gasteiger partial charge in [0.2, 0.25) is 0 Å². The van der Waals surface area contributed by atoms with Crippen molar-refractivity contribution in [3.05, 3.63) is 51.8 Å². The summed E-state index contributed by atoms with van der Waals surface area (Å²) in [5.41, 5.74) is 1.19. The van der Waals surface area contributed by atoms with Gasteiger partial charge in [-0.2, -0.15) is 5.10 Å². The number of rotatable bonds is 4. The molecule has 2 aromatic rings. The van der Waals surface area contributed by atoms with Crippen LogP contribution in [0.2, 0.25) is 5.02 Å². The Morgan fingerprint density at radius 3 is 2.40 bits per heavy atom. The Balaban J connectivity index is 2.15. The molecule has 0 spiro atoms. The second-order valence-electron chi connectivity index (χ2n) is 4.73. The Kier molecular flexibility index (Phi) is 4.40.